The van der Waals surface area contributed by atoms with E-state index in [0.717, 1.165) is 17.3 Å². The first-order valence-corrected chi connectivity index (χ1v) is 10.5. The lowest BCUT2D eigenvalue weighted by Crippen LogP contribution is -2.24. The van der Waals surface area contributed by atoms with Crippen LogP contribution in [0.15, 0.2) is 0 Å². The molecule has 98 valence electrons. The predicted octanol–water partition coefficient (Wildman–Crippen LogP) is 4.75. The second-order valence-electron chi connectivity index (χ2n) is 4.92. The normalized spacial score (nSPS) is 18.1. The predicted molar refractivity (Wildman–Crippen MR) is 79.0 cm³/mol. The fourth-order valence-corrected chi connectivity index (χ4v) is 5.46. The van der Waals surface area contributed by atoms with Gasteiger partial charge in [0, 0.05) is 18.2 Å². The molecule has 0 rings (SSSR count). The minimum absolute atomic E-state index is 0.0228. The van der Waals surface area contributed by atoms with E-state index in [1.165, 1.54) is 11.4 Å². The monoisotopic (exact) mass is 284 g/mol. The van der Waals surface area contributed by atoms with Crippen molar-refractivity contribution in [2.75, 3.05) is 23.9 Å². The molecule has 0 saturated carbocycles. The Morgan fingerprint density at radius 2 is 1.88 bits per heavy atom. The average Bonchev–Trinajstić information content (AvgIpc) is 2.10. The van der Waals surface area contributed by atoms with Crippen molar-refractivity contribution in [1.82, 2.24) is 0 Å². The molecule has 0 aromatic heterocycles. The van der Waals surface area contributed by atoms with E-state index in [-0.39, 0.29) is 11.5 Å². The molecule has 0 aromatic carbocycles. The van der Waals surface area contributed by atoms with E-state index in [0.29, 0.717) is 0 Å². The molecule has 16 heavy (non-hydrogen) atoms. The minimum Gasteiger partial charge on any atom is -0.318 e. The summed E-state index contributed by atoms with van der Waals surface area (Å²) in [5, 5.41) is 0. The quantitative estimate of drug-likeness (QED) is 0.498. The lowest BCUT2D eigenvalue weighted by molar-refractivity contribution is 0.112. The lowest BCUT2D eigenvalue weighted by atomic mass is 9.91. The molecule has 0 aliphatic heterocycles. The Morgan fingerprint density at radius 3 is 2.31 bits per heavy atom. The summed E-state index contributed by atoms with van der Waals surface area (Å²) in [6, 6.07) is 0. The SMILES string of the molecule is CCSCCSP(C)(=O)OC(C)C(C)(C)C. The van der Waals surface area contributed by atoms with Crippen LogP contribution in [0.3, 0.4) is 0 Å². The summed E-state index contributed by atoms with van der Waals surface area (Å²) >= 11 is 3.35. The molecular formula is C11H25O2PS2. The zero-order chi connectivity index (χ0) is 12.8. The van der Waals surface area contributed by atoms with E-state index >= 15 is 0 Å². The van der Waals surface area contributed by atoms with Gasteiger partial charge in [-0.15, -0.1) is 0 Å². The number of rotatable bonds is 7. The second-order valence-corrected chi connectivity index (χ2v) is 11.5. The van der Waals surface area contributed by atoms with Gasteiger partial charge in [-0.05, 0) is 18.1 Å². The molecule has 2 atom stereocenters. The molecule has 0 heterocycles. The summed E-state index contributed by atoms with van der Waals surface area (Å²) in [5.74, 6) is 3.07. The Labute approximate surface area is 109 Å². The van der Waals surface area contributed by atoms with Gasteiger partial charge in [0.2, 0.25) is 0 Å². The molecule has 0 aromatic rings. The van der Waals surface area contributed by atoms with Gasteiger partial charge in [-0.1, -0.05) is 39.1 Å². The molecule has 0 amide bonds. The first-order valence-electron chi connectivity index (χ1n) is 5.67. The van der Waals surface area contributed by atoms with Gasteiger partial charge >= 0.3 is 0 Å². The summed E-state index contributed by atoms with van der Waals surface area (Å²) in [6.45, 7) is 9.71. The largest absolute Gasteiger partial charge is 0.318 e. The third-order valence-electron chi connectivity index (χ3n) is 2.33. The first kappa shape index (κ1) is 16.9. The van der Waals surface area contributed by atoms with Crippen LogP contribution in [0.4, 0.5) is 0 Å². The fourth-order valence-electron chi connectivity index (χ4n) is 0.882. The Morgan fingerprint density at radius 1 is 1.31 bits per heavy atom. The molecule has 0 radical (unpaired) electrons. The topological polar surface area (TPSA) is 26.3 Å². The smallest absolute Gasteiger partial charge is 0.255 e. The van der Waals surface area contributed by atoms with Crippen LogP contribution < -0.4 is 0 Å². The first-order chi connectivity index (χ1) is 7.19. The number of hydrogen-bond acceptors (Lipinski definition) is 4. The maximum Gasteiger partial charge on any atom is 0.255 e. The Bertz CT molecular complexity index is 239. The van der Waals surface area contributed by atoms with Crippen LogP contribution in [0, 0.1) is 5.41 Å². The minimum atomic E-state index is -2.48. The molecule has 5 heteroatoms. The van der Waals surface area contributed by atoms with Crippen LogP contribution in [0.5, 0.6) is 0 Å². The van der Waals surface area contributed by atoms with Crippen LogP contribution in [0.25, 0.3) is 0 Å². The molecule has 0 spiro atoms. The highest BCUT2D eigenvalue weighted by Crippen LogP contribution is 2.58. The molecule has 0 aliphatic rings. The van der Waals surface area contributed by atoms with Crippen LogP contribution in [0.1, 0.15) is 34.6 Å². The standard InChI is InChI=1S/C11H25O2PS2/c1-7-15-8-9-16-14(6,12)13-10(2)11(3,4)5/h10H,7-9H2,1-6H3. The molecule has 0 N–H and O–H groups in total. The van der Waals surface area contributed by atoms with E-state index in [9.17, 15) is 4.57 Å². The van der Waals surface area contributed by atoms with Crippen molar-refractivity contribution >= 4 is 29.7 Å². The maximum atomic E-state index is 12.2. The molecule has 2 unspecified atom stereocenters. The van der Waals surface area contributed by atoms with E-state index in [4.69, 9.17) is 4.52 Å². The summed E-state index contributed by atoms with van der Waals surface area (Å²) in [5.41, 5.74) is 0.0460. The summed E-state index contributed by atoms with van der Waals surface area (Å²) in [6.07, 6.45) is 0.0228. The van der Waals surface area contributed by atoms with Crippen molar-refractivity contribution in [2.45, 2.75) is 40.7 Å². The highest BCUT2D eigenvalue weighted by atomic mass is 32.7. The highest BCUT2D eigenvalue weighted by Gasteiger charge is 2.27. The third-order valence-corrected chi connectivity index (χ3v) is 7.25. The molecule has 0 aliphatic carbocycles. The maximum absolute atomic E-state index is 12.2. The van der Waals surface area contributed by atoms with Gasteiger partial charge in [0.1, 0.15) is 0 Å². The number of thioether (sulfide) groups is 1. The molecule has 0 bridgehead atoms. The van der Waals surface area contributed by atoms with Crippen molar-refractivity contribution in [3.05, 3.63) is 0 Å². The van der Waals surface area contributed by atoms with Gasteiger partial charge in [-0.3, -0.25) is 4.57 Å². The van der Waals surface area contributed by atoms with Crippen LogP contribution in [-0.2, 0) is 9.09 Å². The molecule has 0 saturated heterocycles. The van der Waals surface area contributed by atoms with Crippen molar-refractivity contribution in [3.8, 4) is 0 Å². The highest BCUT2D eigenvalue weighted by molar-refractivity contribution is 8.56. The summed E-state index contributed by atoms with van der Waals surface area (Å²) in [7, 11) is 0. The molecular weight excluding hydrogens is 259 g/mol. The van der Waals surface area contributed by atoms with Crippen molar-refractivity contribution in [2.24, 2.45) is 5.41 Å². The fraction of sp³-hybridized carbons (Fsp3) is 1.00. The Hall–Kier alpha value is 0.890. The number of hydrogen-bond donors (Lipinski definition) is 0. The lowest BCUT2D eigenvalue weighted by Gasteiger charge is -2.29. The van der Waals surface area contributed by atoms with Gasteiger partial charge < -0.3 is 4.52 Å². The van der Waals surface area contributed by atoms with Crippen LogP contribution in [-0.4, -0.2) is 30.0 Å². The van der Waals surface area contributed by atoms with Crippen LogP contribution >= 0.6 is 29.7 Å². The zero-order valence-electron chi connectivity index (χ0n) is 11.3. The average molecular weight is 284 g/mol. The van der Waals surface area contributed by atoms with E-state index in [1.807, 2.05) is 18.7 Å². The van der Waals surface area contributed by atoms with E-state index < -0.39 is 6.57 Å². The van der Waals surface area contributed by atoms with Gasteiger partial charge in [0.25, 0.3) is 6.57 Å². The van der Waals surface area contributed by atoms with Crippen molar-refractivity contribution in [1.29, 1.82) is 0 Å². The Kier molecular flexibility index (Phi) is 7.76. The van der Waals surface area contributed by atoms with E-state index in [2.05, 4.69) is 27.7 Å². The van der Waals surface area contributed by atoms with Gasteiger partial charge in [-0.2, -0.15) is 11.8 Å². The zero-order valence-corrected chi connectivity index (χ0v) is 13.8. The summed E-state index contributed by atoms with van der Waals surface area (Å²) < 4.78 is 17.9. The Balaban J connectivity index is 4.00. The van der Waals surface area contributed by atoms with Gasteiger partial charge in [0.05, 0.1) is 6.10 Å². The summed E-state index contributed by atoms with van der Waals surface area (Å²) in [4.78, 5) is 0. The van der Waals surface area contributed by atoms with E-state index in [1.54, 1.807) is 6.66 Å². The van der Waals surface area contributed by atoms with Gasteiger partial charge in [-0.25, -0.2) is 0 Å². The van der Waals surface area contributed by atoms with Gasteiger partial charge in [0.15, 0.2) is 0 Å². The second kappa shape index (κ2) is 7.35. The third kappa shape index (κ3) is 8.05. The van der Waals surface area contributed by atoms with Crippen molar-refractivity contribution < 1.29 is 9.09 Å². The van der Waals surface area contributed by atoms with Crippen LogP contribution in [0.2, 0.25) is 0 Å². The van der Waals surface area contributed by atoms with Crippen molar-refractivity contribution in [3.63, 3.8) is 0 Å². The molecule has 0 fully saturated rings. The molecule has 2 nitrogen and oxygen atoms in total.